The molecule has 16 heavy (non-hydrogen) atoms. The van der Waals surface area contributed by atoms with Crippen LogP contribution in [0.1, 0.15) is 27.2 Å². The first-order valence-corrected chi connectivity index (χ1v) is 6.80. The van der Waals surface area contributed by atoms with E-state index in [-0.39, 0.29) is 0 Å². The van der Waals surface area contributed by atoms with Crippen molar-refractivity contribution in [1.29, 1.82) is 0 Å². The third-order valence-electron chi connectivity index (χ3n) is 3.02. The lowest BCUT2D eigenvalue weighted by Gasteiger charge is -2.24. The Morgan fingerprint density at radius 2 is 2.19 bits per heavy atom. The molecule has 2 nitrogen and oxygen atoms in total. The maximum atomic E-state index is 4.09. The number of rotatable bonds is 3. The molecule has 0 amide bonds. The van der Waals surface area contributed by atoms with Crippen molar-refractivity contribution in [2.75, 3.05) is 19.6 Å². The van der Waals surface area contributed by atoms with Crippen LogP contribution < -0.4 is 5.32 Å². The van der Waals surface area contributed by atoms with Gasteiger partial charge in [0.2, 0.25) is 0 Å². The molecule has 0 aromatic carbocycles. The average Bonchev–Trinajstić information content (AvgIpc) is 2.43. The van der Waals surface area contributed by atoms with Gasteiger partial charge in [0, 0.05) is 31.4 Å². The highest BCUT2D eigenvalue weighted by Crippen LogP contribution is 2.14. The molecule has 0 bridgehead atoms. The van der Waals surface area contributed by atoms with E-state index in [0.29, 0.717) is 11.7 Å². The van der Waals surface area contributed by atoms with Gasteiger partial charge >= 0.3 is 0 Å². The van der Waals surface area contributed by atoms with Crippen LogP contribution in [0.15, 0.2) is 23.9 Å². The summed E-state index contributed by atoms with van der Waals surface area (Å²) in [6.45, 7) is 14.1. The molecule has 1 N–H and O–H groups in total. The highest BCUT2D eigenvalue weighted by atomic mass is 31.0. The van der Waals surface area contributed by atoms with Gasteiger partial charge in [-0.3, -0.25) is 4.90 Å². The second-order valence-corrected chi connectivity index (χ2v) is 5.88. The summed E-state index contributed by atoms with van der Waals surface area (Å²) in [7, 11) is 2.79. The fourth-order valence-corrected chi connectivity index (χ4v) is 1.87. The molecule has 3 heteroatoms. The van der Waals surface area contributed by atoms with Gasteiger partial charge in [-0.15, -0.1) is 9.24 Å². The van der Waals surface area contributed by atoms with Gasteiger partial charge < -0.3 is 5.32 Å². The van der Waals surface area contributed by atoms with Crippen LogP contribution in [-0.4, -0.2) is 36.2 Å². The second-order valence-electron chi connectivity index (χ2n) is 4.88. The van der Waals surface area contributed by atoms with Crippen molar-refractivity contribution < 1.29 is 0 Å². The number of allylic oxidation sites excluding steroid dienone is 2. The first-order valence-electron chi connectivity index (χ1n) is 6.13. The monoisotopic (exact) mass is 240 g/mol. The van der Waals surface area contributed by atoms with Gasteiger partial charge in [-0.1, -0.05) is 13.5 Å². The zero-order chi connectivity index (χ0) is 12.1. The van der Waals surface area contributed by atoms with Crippen LogP contribution in [0.4, 0.5) is 0 Å². The summed E-state index contributed by atoms with van der Waals surface area (Å²) in [5.41, 5.74) is 2.94. The summed E-state index contributed by atoms with van der Waals surface area (Å²) in [6, 6.07) is 0.616. The minimum absolute atomic E-state index is 0.449. The molecule has 1 fully saturated rings. The van der Waals surface area contributed by atoms with Gasteiger partial charge in [-0.25, -0.2) is 0 Å². The molecule has 1 aliphatic rings. The summed E-state index contributed by atoms with van der Waals surface area (Å²) >= 11 is 0. The molecule has 1 saturated heterocycles. The second kappa shape index (κ2) is 6.42. The van der Waals surface area contributed by atoms with E-state index >= 15 is 0 Å². The largest absolute Gasteiger partial charge is 0.387 e. The van der Waals surface area contributed by atoms with Gasteiger partial charge in [0.1, 0.15) is 0 Å². The Labute approximate surface area is 102 Å². The Hall–Kier alpha value is -0.330. The van der Waals surface area contributed by atoms with E-state index in [0.717, 1.165) is 13.1 Å². The van der Waals surface area contributed by atoms with Crippen molar-refractivity contribution >= 4 is 9.24 Å². The molecular formula is C13H25N2P. The summed E-state index contributed by atoms with van der Waals surface area (Å²) < 4.78 is 0. The summed E-state index contributed by atoms with van der Waals surface area (Å²) in [4.78, 5) is 2.51. The normalized spacial score (nSPS) is 22.9. The maximum absolute atomic E-state index is 4.09. The lowest BCUT2D eigenvalue weighted by Crippen LogP contribution is -2.33. The van der Waals surface area contributed by atoms with Crippen molar-refractivity contribution in [3.8, 4) is 0 Å². The molecule has 1 aliphatic heterocycles. The molecule has 0 radical (unpaired) electrons. The van der Waals surface area contributed by atoms with E-state index in [9.17, 15) is 0 Å². The minimum atomic E-state index is 0.449. The third kappa shape index (κ3) is 4.27. The first-order chi connectivity index (χ1) is 7.50. The van der Waals surface area contributed by atoms with Crippen LogP contribution in [0.2, 0.25) is 0 Å². The quantitative estimate of drug-likeness (QED) is 0.762. The standard InChI is InChI=1S/C13H25N2P/c1-10(2)15-7-5-6-14-13(9-15)8-11(3)12(4)16/h8,10,12,14H,3,5-7,9,16H2,1-2,4H3/b13-8-. The fourth-order valence-electron chi connectivity index (χ4n) is 1.78. The summed E-state index contributed by atoms with van der Waals surface area (Å²) in [5.74, 6) is 0. The van der Waals surface area contributed by atoms with Crippen LogP contribution in [0.25, 0.3) is 0 Å². The van der Waals surface area contributed by atoms with E-state index in [1.807, 2.05) is 0 Å². The lowest BCUT2D eigenvalue weighted by molar-refractivity contribution is 0.247. The van der Waals surface area contributed by atoms with E-state index < -0.39 is 0 Å². The van der Waals surface area contributed by atoms with Crippen molar-refractivity contribution in [1.82, 2.24) is 10.2 Å². The fraction of sp³-hybridized carbons (Fsp3) is 0.692. The van der Waals surface area contributed by atoms with Crippen LogP contribution in [0.3, 0.4) is 0 Å². The highest BCUT2D eigenvalue weighted by molar-refractivity contribution is 7.18. The van der Waals surface area contributed by atoms with Gasteiger partial charge in [-0.2, -0.15) is 0 Å². The first kappa shape index (κ1) is 13.7. The van der Waals surface area contributed by atoms with Gasteiger partial charge in [0.25, 0.3) is 0 Å². The van der Waals surface area contributed by atoms with E-state index in [2.05, 4.69) is 52.9 Å². The molecule has 0 aromatic rings. The molecule has 1 rings (SSSR count). The van der Waals surface area contributed by atoms with Crippen molar-refractivity contribution in [2.45, 2.75) is 38.9 Å². The van der Waals surface area contributed by atoms with Gasteiger partial charge in [-0.05, 0) is 37.6 Å². The van der Waals surface area contributed by atoms with E-state index in [4.69, 9.17) is 0 Å². The van der Waals surface area contributed by atoms with Crippen molar-refractivity contribution in [3.63, 3.8) is 0 Å². The molecule has 0 aliphatic carbocycles. The SMILES string of the molecule is C=C(/C=C1/CN(C(C)C)CCCN1)C(C)P. The minimum Gasteiger partial charge on any atom is -0.387 e. The Kier molecular flexibility index (Phi) is 5.51. The van der Waals surface area contributed by atoms with Gasteiger partial charge in [0.05, 0.1) is 0 Å². The Morgan fingerprint density at radius 1 is 1.50 bits per heavy atom. The Balaban J connectivity index is 2.68. The number of hydrogen-bond donors (Lipinski definition) is 1. The predicted octanol–water partition coefficient (Wildman–Crippen LogP) is 2.39. The topological polar surface area (TPSA) is 15.3 Å². The summed E-state index contributed by atoms with van der Waals surface area (Å²) in [5, 5.41) is 3.50. The molecular weight excluding hydrogens is 215 g/mol. The Bertz CT molecular complexity index is 269. The number of hydrogen-bond acceptors (Lipinski definition) is 2. The smallest absolute Gasteiger partial charge is 0.0384 e. The molecule has 92 valence electrons. The van der Waals surface area contributed by atoms with Crippen LogP contribution in [0, 0.1) is 0 Å². The zero-order valence-electron chi connectivity index (χ0n) is 10.8. The highest BCUT2D eigenvalue weighted by Gasteiger charge is 2.14. The molecule has 0 spiro atoms. The predicted molar refractivity (Wildman–Crippen MR) is 75.7 cm³/mol. The van der Waals surface area contributed by atoms with Crippen molar-refractivity contribution in [3.05, 3.63) is 23.9 Å². The maximum Gasteiger partial charge on any atom is 0.0384 e. The molecule has 2 unspecified atom stereocenters. The molecule has 0 saturated carbocycles. The van der Waals surface area contributed by atoms with Crippen molar-refractivity contribution in [2.24, 2.45) is 0 Å². The zero-order valence-corrected chi connectivity index (χ0v) is 11.9. The molecule has 1 heterocycles. The molecule has 2 atom stereocenters. The van der Waals surface area contributed by atoms with Crippen LogP contribution in [-0.2, 0) is 0 Å². The van der Waals surface area contributed by atoms with E-state index in [1.54, 1.807) is 0 Å². The number of nitrogens with one attached hydrogen (secondary N) is 1. The lowest BCUT2D eigenvalue weighted by atomic mass is 10.2. The number of nitrogens with zero attached hydrogens (tertiary/aromatic N) is 1. The van der Waals surface area contributed by atoms with Crippen LogP contribution in [0.5, 0.6) is 0 Å². The summed E-state index contributed by atoms with van der Waals surface area (Å²) in [6.07, 6.45) is 3.43. The third-order valence-corrected chi connectivity index (χ3v) is 3.45. The Morgan fingerprint density at radius 3 is 2.75 bits per heavy atom. The molecule has 0 aromatic heterocycles. The van der Waals surface area contributed by atoms with E-state index in [1.165, 1.54) is 24.2 Å². The van der Waals surface area contributed by atoms with Crippen LogP contribution >= 0.6 is 9.24 Å². The average molecular weight is 240 g/mol. The van der Waals surface area contributed by atoms with Gasteiger partial charge in [0.15, 0.2) is 0 Å².